The smallest absolute Gasteiger partial charge is 0.0543 e. The van der Waals surface area contributed by atoms with Crippen molar-refractivity contribution < 1.29 is 0 Å². The van der Waals surface area contributed by atoms with E-state index in [4.69, 9.17) is 0 Å². The molecule has 0 amide bonds. The largest absolute Gasteiger partial charge is 0.310 e. The van der Waals surface area contributed by atoms with Gasteiger partial charge in [0.05, 0.1) is 5.69 Å². The van der Waals surface area contributed by atoms with Gasteiger partial charge >= 0.3 is 0 Å². The third-order valence-corrected chi connectivity index (χ3v) is 4.09. The summed E-state index contributed by atoms with van der Waals surface area (Å²) < 4.78 is 0. The van der Waals surface area contributed by atoms with Crippen molar-refractivity contribution in [3.63, 3.8) is 0 Å². The van der Waals surface area contributed by atoms with Crippen LogP contribution < -0.4 is 5.32 Å². The molecular formula is C15H25N3. The molecule has 1 unspecified atom stereocenters. The summed E-state index contributed by atoms with van der Waals surface area (Å²) in [7, 11) is 0. The van der Waals surface area contributed by atoms with Crippen LogP contribution in [0, 0.1) is 0 Å². The van der Waals surface area contributed by atoms with Gasteiger partial charge < -0.3 is 5.32 Å². The maximum atomic E-state index is 4.43. The molecule has 1 aliphatic rings. The van der Waals surface area contributed by atoms with Crippen molar-refractivity contribution in [2.45, 2.75) is 45.2 Å². The van der Waals surface area contributed by atoms with Crippen LogP contribution >= 0.6 is 0 Å². The van der Waals surface area contributed by atoms with Gasteiger partial charge in [-0.3, -0.25) is 9.88 Å². The lowest BCUT2D eigenvalue weighted by Gasteiger charge is -2.34. The van der Waals surface area contributed by atoms with Gasteiger partial charge in [0.1, 0.15) is 0 Å². The number of aromatic nitrogens is 1. The van der Waals surface area contributed by atoms with Crippen LogP contribution in [0.2, 0.25) is 0 Å². The molecule has 0 bridgehead atoms. The number of nitrogens with one attached hydrogen (secondary N) is 1. The molecule has 0 saturated carbocycles. The van der Waals surface area contributed by atoms with E-state index in [2.05, 4.69) is 41.2 Å². The minimum atomic E-state index is 0.338. The molecule has 1 aromatic rings. The molecule has 2 heterocycles. The number of likely N-dealkylation sites (N-methyl/N-ethyl adjacent to an activating group) is 1. The normalized spacial score (nSPS) is 23.7. The maximum absolute atomic E-state index is 4.43. The zero-order chi connectivity index (χ0) is 12.8. The molecule has 1 aromatic heterocycles. The molecule has 1 atom stereocenters. The van der Waals surface area contributed by atoms with E-state index in [-0.39, 0.29) is 0 Å². The average Bonchev–Trinajstić information content (AvgIpc) is 2.88. The summed E-state index contributed by atoms with van der Waals surface area (Å²) in [6.07, 6.45) is 5.72. The van der Waals surface area contributed by atoms with Gasteiger partial charge in [0.15, 0.2) is 0 Å². The standard InChI is InChI=1S/C15H25N3/c1-3-15(9-7-11-17-15)13-18(4-2)12-14-8-5-6-10-16-14/h5-6,8,10,17H,3-4,7,9,11-13H2,1-2H3. The van der Waals surface area contributed by atoms with Crippen LogP contribution in [0.4, 0.5) is 0 Å². The maximum Gasteiger partial charge on any atom is 0.0543 e. The van der Waals surface area contributed by atoms with Gasteiger partial charge in [0.2, 0.25) is 0 Å². The van der Waals surface area contributed by atoms with E-state index >= 15 is 0 Å². The summed E-state index contributed by atoms with van der Waals surface area (Å²) in [6.45, 7) is 8.89. The lowest BCUT2D eigenvalue weighted by Crippen LogP contribution is -2.49. The van der Waals surface area contributed by atoms with Crippen LogP contribution in [0.15, 0.2) is 24.4 Å². The highest BCUT2D eigenvalue weighted by Gasteiger charge is 2.32. The van der Waals surface area contributed by atoms with Crippen LogP contribution in [0.25, 0.3) is 0 Å². The van der Waals surface area contributed by atoms with Crippen molar-refractivity contribution >= 4 is 0 Å². The fourth-order valence-electron chi connectivity index (χ4n) is 2.85. The Balaban J connectivity index is 1.96. The Hall–Kier alpha value is -0.930. The third-order valence-electron chi connectivity index (χ3n) is 4.09. The van der Waals surface area contributed by atoms with E-state index in [1.807, 2.05) is 12.3 Å². The molecule has 18 heavy (non-hydrogen) atoms. The van der Waals surface area contributed by atoms with Crippen molar-refractivity contribution in [3.8, 4) is 0 Å². The summed E-state index contributed by atoms with van der Waals surface area (Å²) >= 11 is 0. The second-order valence-corrected chi connectivity index (χ2v) is 5.29. The molecule has 1 N–H and O–H groups in total. The van der Waals surface area contributed by atoms with Crippen molar-refractivity contribution in [1.29, 1.82) is 0 Å². The number of hydrogen-bond donors (Lipinski definition) is 1. The fourth-order valence-corrected chi connectivity index (χ4v) is 2.85. The second-order valence-electron chi connectivity index (χ2n) is 5.29. The lowest BCUT2D eigenvalue weighted by molar-refractivity contribution is 0.187. The summed E-state index contributed by atoms with van der Waals surface area (Å²) in [5, 5.41) is 3.71. The average molecular weight is 247 g/mol. The van der Waals surface area contributed by atoms with Gasteiger partial charge in [0, 0.05) is 24.8 Å². The number of hydrogen-bond acceptors (Lipinski definition) is 3. The first-order chi connectivity index (χ1) is 8.78. The summed E-state index contributed by atoms with van der Waals surface area (Å²) in [4.78, 5) is 6.93. The highest BCUT2D eigenvalue weighted by Crippen LogP contribution is 2.24. The molecule has 1 fully saturated rings. The highest BCUT2D eigenvalue weighted by molar-refractivity contribution is 5.04. The monoisotopic (exact) mass is 247 g/mol. The number of rotatable bonds is 6. The first kappa shape index (κ1) is 13.5. The molecule has 3 nitrogen and oxygen atoms in total. The minimum absolute atomic E-state index is 0.338. The van der Waals surface area contributed by atoms with Crippen molar-refractivity contribution in [3.05, 3.63) is 30.1 Å². The highest BCUT2D eigenvalue weighted by atomic mass is 15.2. The molecule has 0 spiro atoms. The topological polar surface area (TPSA) is 28.2 Å². The van der Waals surface area contributed by atoms with E-state index in [1.54, 1.807) is 0 Å². The van der Waals surface area contributed by atoms with Crippen LogP contribution in [-0.4, -0.2) is 35.1 Å². The third kappa shape index (κ3) is 3.30. The first-order valence-corrected chi connectivity index (χ1v) is 7.15. The number of nitrogens with zero attached hydrogens (tertiary/aromatic N) is 2. The minimum Gasteiger partial charge on any atom is -0.310 e. The van der Waals surface area contributed by atoms with Gasteiger partial charge in [-0.05, 0) is 44.5 Å². The van der Waals surface area contributed by atoms with Gasteiger partial charge in [-0.15, -0.1) is 0 Å². The first-order valence-electron chi connectivity index (χ1n) is 7.15. The Labute approximate surface area is 111 Å². The predicted octanol–water partition coefficient (Wildman–Crippen LogP) is 2.44. The lowest BCUT2D eigenvalue weighted by atomic mass is 9.93. The SMILES string of the molecule is CCN(Cc1ccccn1)CC1(CC)CCCN1. The fraction of sp³-hybridized carbons (Fsp3) is 0.667. The summed E-state index contributed by atoms with van der Waals surface area (Å²) in [6, 6.07) is 6.16. The van der Waals surface area contributed by atoms with E-state index < -0.39 is 0 Å². The van der Waals surface area contributed by atoms with Crippen LogP contribution in [0.5, 0.6) is 0 Å². The predicted molar refractivity (Wildman–Crippen MR) is 75.4 cm³/mol. The van der Waals surface area contributed by atoms with Crippen LogP contribution in [-0.2, 0) is 6.54 Å². The van der Waals surface area contributed by atoms with Crippen LogP contribution in [0.3, 0.4) is 0 Å². The molecule has 3 heteroatoms. The van der Waals surface area contributed by atoms with Crippen molar-refractivity contribution in [1.82, 2.24) is 15.2 Å². The van der Waals surface area contributed by atoms with Crippen molar-refractivity contribution in [2.24, 2.45) is 0 Å². The summed E-state index contributed by atoms with van der Waals surface area (Å²) in [5.74, 6) is 0. The molecule has 100 valence electrons. The van der Waals surface area contributed by atoms with Crippen LogP contribution in [0.1, 0.15) is 38.8 Å². The van der Waals surface area contributed by atoms with Crippen molar-refractivity contribution in [2.75, 3.05) is 19.6 Å². The molecular weight excluding hydrogens is 222 g/mol. The Morgan fingerprint density at radius 2 is 2.28 bits per heavy atom. The Kier molecular flexibility index (Phi) is 4.72. The zero-order valence-electron chi connectivity index (χ0n) is 11.7. The van der Waals surface area contributed by atoms with Gasteiger partial charge in [0.25, 0.3) is 0 Å². The molecule has 0 aliphatic carbocycles. The Bertz CT molecular complexity index is 344. The summed E-state index contributed by atoms with van der Waals surface area (Å²) in [5.41, 5.74) is 1.51. The Morgan fingerprint density at radius 3 is 2.83 bits per heavy atom. The van der Waals surface area contributed by atoms with E-state index in [0.717, 1.165) is 19.6 Å². The molecule has 1 aliphatic heterocycles. The molecule has 0 aromatic carbocycles. The van der Waals surface area contributed by atoms with E-state index in [9.17, 15) is 0 Å². The number of pyridine rings is 1. The van der Waals surface area contributed by atoms with Gasteiger partial charge in [-0.1, -0.05) is 19.9 Å². The van der Waals surface area contributed by atoms with Gasteiger partial charge in [-0.25, -0.2) is 0 Å². The second kappa shape index (κ2) is 6.30. The van der Waals surface area contributed by atoms with Gasteiger partial charge in [-0.2, -0.15) is 0 Å². The quantitative estimate of drug-likeness (QED) is 0.837. The molecule has 0 radical (unpaired) electrons. The van der Waals surface area contributed by atoms with E-state index in [1.165, 1.54) is 31.5 Å². The zero-order valence-corrected chi connectivity index (χ0v) is 11.7. The Morgan fingerprint density at radius 1 is 1.39 bits per heavy atom. The molecule has 2 rings (SSSR count). The van der Waals surface area contributed by atoms with E-state index in [0.29, 0.717) is 5.54 Å². The molecule has 1 saturated heterocycles.